The lowest BCUT2D eigenvalue weighted by molar-refractivity contribution is -0.142. The molecule has 0 bridgehead atoms. The van der Waals surface area contributed by atoms with Gasteiger partial charge in [-0.25, -0.2) is 0 Å². The van der Waals surface area contributed by atoms with Gasteiger partial charge in [0, 0.05) is 13.1 Å². The summed E-state index contributed by atoms with van der Waals surface area (Å²) in [6.07, 6.45) is 3.11. The first-order chi connectivity index (χ1) is 8.17. The van der Waals surface area contributed by atoms with Crippen LogP contribution in [0.1, 0.15) is 26.2 Å². The molecule has 17 heavy (non-hydrogen) atoms. The third-order valence-electron chi connectivity index (χ3n) is 2.94. The van der Waals surface area contributed by atoms with E-state index in [0.29, 0.717) is 6.54 Å². The van der Waals surface area contributed by atoms with Gasteiger partial charge < -0.3 is 9.64 Å². The zero-order valence-electron chi connectivity index (χ0n) is 10.8. The zero-order chi connectivity index (χ0) is 12.7. The molecule has 1 aliphatic heterocycles. The number of hydrogen-bond acceptors (Lipinski definition) is 4. The van der Waals surface area contributed by atoms with E-state index < -0.39 is 0 Å². The second kappa shape index (κ2) is 7.27. The van der Waals surface area contributed by atoms with Gasteiger partial charge in [0.05, 0.1) is 20.2 Å². The van der Waals surface area contributed by atoms with Gasteiger partial charge in [-0.1, -0.05) is 6.92 Å². The van der Waals surface area contributed by atoms with Crippen molar-refractivity contribution in [2.75, 3.05) is 39.8 Å². The van der Waals surface area contributed by atoms with Crippen LogP contribution in [0.15, 0.2) is 0 Å². The van der Waals surface area contributed by atoms with Gasteiger partial charge in [-0.15, -0.1) is 0 Å². The number of amides is 1. The molecular weight excluding hydrogens is 220 g/mol. The maximum Gasteiger partial charge on any atom is 0.319 e. The molecule has 0 radical (unpaired) electrons. The van der Waals surface area contributed by atoms with Crippen molar-refractivity contribution in [1.29, 1.82) is 0 Å². The van der Waals surface area contributed by atoms with E-state index in [1.165, 1.54) is 7.11 Å². The third kappa shape index (κ3) is 4.73. The van der Waals surface area contributed by atoms with Crippen molar-refractivity contribution in [3.05, 3.63) is 0 Å². The zero-order valence-corrected chi connectivity index (χ0v) is 10.8. The molecule has 1 fully saturated rings. The Morgan fingerprint density at radius 1 is 1.24 bits per heavy atom. The van der Waals surface area contributed by atoms with Crippen molar-refractivity contribution in [1.82, 2.24) is 9.80 Å². The molecule has 5 heteroatoms. The van der Waals surface area contributed by atoms with E-state index in [9.17, 15) is 9.59 Å². The fraction of sp³-hybridized carbons (Fsp3) is 0.833. The first kappa shape index (κ1) is 14.0. The molecule has 1 saturated heterocycles. The van der Waals surface area contributed by atoms with Crippen LogP contribution in [0.25, 0.3) is 0 Å². The lowest BCUT2D eigenvalue weighted by Gasteiger charge is -2.23. The van der Waals surface area contributed by atoms with Gasteiger partial charge >= 0.3 is 5.97 Å². The highest BCUT2D eigenvalue weighted by Gasteiger charge is 2.21. The van der Waals surface area contributed by atoms with Crippen LogP contribution in [-0.4, -0.2) is 61.5 Å². The molecule has 98 valence electrons. The van der Waals surface area contributed by atoms with Gasteiger partial charge in [-0.05, 0) is 25.8 Å². The summed E-state index contributed by atoms with van der Waals surface area (Å²) in [5.74, 6) is -0.160. The minimum atomic E-state index is -0.285. The second-order valence-electron chi connectivity index (χ2n) is 4.37. The van der Waals surface area contributed by atoms with E-state index in [-0.39, 0.29) is 18.4 Å². The Balaban J connectivity index is 2.41. The predicted octanol–water partition coefficient (Wildman–Crippen LogP) is 0.494. The Bertz CT molecular complexity index is 262. The maximum absolute atomic E-state index is 11.9. The molecule has 0 unspecified atom stereocenters. The normalized spacial score (nSPS) is 15.4. The van der Waals surface area contributed by atoms with Gasteiger partial charge in [-0.2, -0.15) is 0 Å². The SMILES string of the molecule is CCCN(CC(=O)OC)CC(=O)N1CCCC1. The molecule has 0 saturated carbocycles. The highest BCUT2D eigenvalue weighted by atomic mass is 16.5. The van der Waals surface area contributed by atoms with Crippen molar-refractivity contribution in [2.24, 2.45) is 0 Å². The van der Waals surface area contributed by atoms with Gasteiger partial charge in [0.1, 0.15) is 0 Å². The van der Waals surface area contributed by atoms with Crippen molar-refractivity contribution >= 4 is 11.9 Å². The summed E-state index contributed by atoms with van der Waals surface area (Å²) in [6, 6.07) is 0. The number of methoxy groups -OCH3 is 1. The van der Waals surface area contributed by atoms with Crippen LogP contribution in [0.2, 0.25) is 0 Å². The first-order valence-electron chi connectivity index (χ1n) is 6.24. The number of esters is 1. The summed E-state index contributed by atoms with van der Waals surface area (Å²) in [4.78, 5) is 26.9. The fourth-order valence-electron chi connectivity index (χ4n) is 2.04. The maximum atomic E-state index is 11.9. The minimum Gasteiger partial charge on any atom is -0.468 e. The number of nitrogens with zero attached hydrogens (tertiary/aromatic N) is 2. The van der Waals surface area contributed by atoms with Gasteiger partial charge in [0.2, 0.25) is 5.91 Å². The average Bonchev–Trinajstić information content (AvgIpc) is 2.82. The van der Waals surface area contributed by atoms with E-state index >= 15 is 0 Å². The summed E-state index contributed by atoms with van der Waals surface area (Å²) in [6.45, 7) is 5.01. The molecule has 5 nitrogen and oxygen atoms in total. The second-order valence-corrected chi connectivity index (χ2v) is 4.37. The van der Waals surface area contributed by atoms with Crippen molar-refractivity contribution in [2.45, 2.75) is 26.2 Å². The third-order valence-corrected chi connectivity index (χ3v) is 2.94. The van der Waals surface area contributed by atoms with Crippen molar-refractivity contribution in [3.8, 4) is 0 Å². The van der Waals surface area contributed by atoms with Crippen LogP contribution in [0, 0.1) is 0 Å². The molecule has 0 aliphatic carbocycles. The van der Waals surface area contributed by atoms with Crippen LogP contribution < -0.4 is 0 Å². The number of hydrogen-bond donors (Lipinski definition) is 0. The van der Waals surface area contributed by atoms with Crippen molar-refractivity contribution < 1.29 is 14.3 Å². The summed E-state index contributed by atoms with van der Waals surface area (Å²) < 4.78 is 4.63. The molecule has 1 rings (SSSR count). The summed E-state index contributed by atoms with van der Waals surface area (Å²) in [7, 11) is 1.37. The molecular formula is C12H22N2O3. The van der Waals surface area contributed by atoms with E-state index in [1.54, 1.807) is 0 Å². The molecule has 0 spiro atoms. The Kier molecular flexibility index (Phi) is 5.97. The van der Waals surface area contributed by atoms with Gasteiger partial charge in [-0.3, -0.25) is 14.5 Å². The van der Waals surface area contributed by atoms with E-state index in [4.69, 9.17) is 0 Å². The molecule has 0 aromatic rings. The number of ether oxygens (including phenoxy) is 1. The monoisotopic (exact) mass is 242 g/mol. The van der Waals surface area contributed by atoms with Crippen LogP contribution >= 0.6 is 0 Å². The molecule has 0 N–H and O–H groups in total. The number of carbonyl (C=O) groups excluding carboxylic acids is 2. The topological polar surface area (TPSA) is 49.9 Å². The standard InChI is InChI=1S/C12H22N2O3/c1-3-6-13(10-12(16)17-2)9-11(15)14-7-4-5-8-14/h3-10H2,1-2H3. The molecule has 1 heterocycles. The molecule has 0 aromatic heterocycles. The van der Waals surface area contributed by atoms with Crippen LogP contribution in [0.5, 0.6) is 0 Å². The molecule has 1 amide bonds. The van der Waals surface area contributed by atoms with Gasteiger partial charge in [0.25, 0.3) is 0 Å². The number of likely N-dealkylation sites (tertiary alicyclic amines) is 1. The quantitative estimate of drug-likeness (QED) is 0.636. The summed E-state index contributed by atoms with van der Waals surface area (Å²) >= 11 is 0. The Hall–Kier alpha value is -1.10. The Morgan fingerprint density at radius 2 is 1.88 bits per heavy atom. The van der Waals surface area contributed by atoms with E-state index in [0.717, 1.165) is 38.9 Å². The van der Waals surface area contributed by atoms with Crippen LogP contribution in [0.4, 0.5) is 0 Å². The molecule has 0 aromatic carbocycles. The highest BCUT2D eigenvalue weighted by molar-refractivity contribution is 5.79. The fourth-order valence-corrected chi connectivity index (χ4v) is 2.04. The first-order valence-corrected chi connectivity index (χ1v) is 6.24. The summed E-state index contributed by atoms with van der Waals surface area (Å²) in [5.41, 5.74) is 0. The van der Waals surface area contributed by atoms with Gasteiger partial charge in [0.15, 0.2) is 0 Å². The number of carbonyl (C=O) groups is 2. The molecule has 0 atom stereocenters. The Morgan fingerprint density at radius 3 is 2.41 bits per heavy atom. The average molecular weight is 242 g/mol. The van der Waals surface area contributed by atoms with E-state index in [2.05, 4.69) is 4.74 Å². The van der Waals surface area contributed by atoms with Crippen LogP contribution in [0.3, 0.4) is 0 Å². The lowest BCUT2D eigenvalue weighted by Crippen LogP contribution is -2.41. The van der Waals surface area contributed by atoms with Crippen LogP contribution in [-0.2, 0) is 14.3 Å². The number of rotatable bonds is 6. The van der Waals surface area contributed by atoms with E-state index in [1.807, 2.05) is 16.7 Å². The minimum absolute atomic E-state index is 0.125. The highest BCUT2D eigenvalue weighted by Crippen LogP contribution is 2.08. The molecule has 1 aliphatic rings. The summed E-state index contributed by atoms with van der Waals surface area (Å²) in [5, 5.41) is 0. The lowest BCUT2D eigenvalue weighted by atomic mass is 10.3. The van der Waals surface area contributed by atoms with Crippen molar-refractivity contribution in [3.63, 3.8) is 0 Å². The predicted molar refractivity (Wildman–Crippen MR) is 64.6 cm³/mol. The Labute approximate surface area is 103 Å². The smallest absolute Gasteiger partial charge is 0.319 e. The largest absolute Gasteiger partial charge is 0.468 e.